The van der Waals surface area contributed by atoms with Crippen molar-refractivity contribution >= 4 is 43.8 Å². The fraction of sp³-hybridized carbons (Fsp3) is 0.692. The number of fused-ring (bicyclic) bond motifs is 3. The molecule has 1 aromatic carbocycles. The maximum absolute atomic E-state index is 14.0. The monoisotopic (exact) mass is 804 g/mol. The Hall–Kier alpha value is -1.56. The quantitative estimate of drug-likeness (QED) is 0.112. The first kappa shape index (κ1) is 35.8. The van der Waals surface area contributed by atoms with Crippen LogP contribution in [0.15, 0.2) is 54.6 Å². The van der Waals surface area contributed by atoms with E-state index in [1.807, 2.05) is 25.1 Å². The molecule has 268 valence electrons. The van der Waals surface area contributed by atoms with Crippen molar-refractivity contribution in [1.82, 2.24) is 0 Å². The second-order valence-corrected chi connectivity index (χ2v) is 20.3. The van der Waals surface area contributed by atoms with Gasteiger partial charge in [0.15, 0.2) is 5.79 Å². The van der Waals surface area contributed by atoms with Crippen molar-refractivity contribution in [1.29, 1.82) is 0 Å². The summed E-state index contributed by atoms with van der Waals surface area (Å²) in [5.74, 6) is -1.20. The van der Waals surface area contributed by atoms with Gasteiger partial charge in [0.05, 0.1) is 24.2 Å². The molecule has 2 saturated heterocycles. The summed E-state index contributed by atoms with van der Waals surface area (Å²) in [5, 5.41) is 0. The molecular weight excluding hydrogens is 756 g/mol. The smallest absolute Gasteiger partial charge is 0.338 e. The normalized spacial score (nSPS) is 41.9. The van der Waals surface area contributed by atoms with Crippen LogP contribution in [0.2, 0.25) is 0 Å². The maximum Gasteiger partial charge on any atom is 0.338 e. The third-order valence-electron chi connectivity index (χ3n) is 13.7. The van der Waals surface area contributed by atoms with Crippen LogP contribution in [0, 0.1) is 34.5 Å². The van der Waals surface area contributed by atoms with Gasteiger partial charge in [-0.15, -0.1) is 6.58 Å². The van der Waals surface area contributed by atoms with Crippen molar-refractivity contribution in [2.75, 3.05) is 13.2 Å². The Balaban J connectivity index is 1.29. The molecule has 5 fully saturated rings. The minimum atomic E-state index is -1.02. The van der Waals surface area contributed by atoms with Crippen molar-refractivity contribution in [3.63, 3.8) is 0 Å². The van der Waals surface area contributed by atoms with Gasteiger partial charge in [-0.05, 0) is 106 Å². The molecule has 1 aromatic rings. The van der Waals surface area contributed by atoms with Crippen LogP contribution in [0.4, 0.5) is 0 Å². The van der Waals surface area contributed by atoms with Crippen molar-refractivity contribution in [2.45, 2.75) is 118 Å². The number of ether oxygens (including phenoxy) is 4. The zero-order valence-electron chi connectivity index (χ0n) is 29.3. The van der Waals surface area contributed by atoms with Crippen LogP contribution in [-0.4, -0.2) is 57.6 Å². The van der Waals surface area contributed by atoms with Gasteiger partial charge in [0.25, 0.3) is 0 Å². The minimum Gasteiger partial charge on any atom is -0.463 e. The molecule has 0 spiro atoms. The summed E-state index contributed by atoms with van der Waals surface area (Å²) in [4.78, 5) is 39.4. The highest BCUT2D eigenvalue weighted by Gasteiger charge is 2.83. The van der Waals surface area contributed by atoms with Gasteiger partial charge in [-0.25, -0.2) is 14.6 Å². The largest absolute Gasteiger partial charge is 0.463 e. The first-order chi connectivity index (χ1) is 23.1. The van der Waals surface area contributed by atoms with Crippen LogP contribution < -0.4 is 0 Å². The fourth-order valence-corrected chi connectivity index (χ4v) is 11.4. The molecule has 4 aliphatic carbocycles. The molecule has 2 aliphatic heterocycles. The number of benzene rings is 1. The number of hydrogen-bond acceptors (Lipinski definition) is 8. The average molecular weight is 807 g/mol. The van der Waals surface area contributed by atoms with E-state index in [-0.39, 0.29) is 41.2 Å². The summed E-state index contributed by atoms with van der Waals surface area (Å²) in [6, 6.07) is 9.22. The van der Waals surface area contributed by atoms with Crippen molar-refractivity contribution in [2.24, 2.45) is 34.5 Å². The van der Waals surface area contributed by atoms with Gasteiger partial charge < -0.3 is 18.9 Å². The van der Waals surface area contributed by atoms with Crippen LogP contribution in [0.1, 0.15) is 96.3 Å². The SMILES string of the molecule is C=C(C)CCC1([C@@H](C)[C@]23C=C[C@@]4(OO2)[C@@H]2CC[C@H]5C[C@@H](OC(C)=O)CC[C@]5(C)[C@H]2C[C@@H](OC(=O)c2ccccc2)[C@]34C)OCC(Br)(Br)CO1. The predicted octanol–water partition coefficient (Wildman–Crippen LogP) is 8.62. The van der Waals surface area contributed by atoms with Gasteiger partial charge in [0.2, 0.25) is 0 Å². The predicted molar refractivity (Wildman–Crippen MR) is 191 cm³/mol. The molecule has 0 unspecified atom stereocenters. The van der Waals surface area contributed by atoms with Gasteiger partial charge in [-0.1, -0.05) is 69.5 Å². The summed E-state index contributed by atoms with van der Waals surface area (Å²) < 4.78 is 25.4. The van der Waals surface area contributed by atoms with Gasteiger partial charge in [0, 0.05) is 19.3 Å². The standard InChI is InChI=1S/C39H50Br2O8/c1-24(2)14-17-39(44-22-36(40,41)23-45-39)25(3)37-18-19-38(49-48-37)30-13-12-28-20-29(46-26(4)42)15-16-34(28,5)31(30)21-32(35(37,38)6)47-33(43)27-10-8-7-9-11-27/h7-11,18-19,25,28-32H,1,12-17,20-23H2,2-6H3/t25-,28-,29-,30+,31-,32+,34-,35+,37-,38+/m0/s1. The van der Waals surface area contributed by atoms with Crippen LogP contribution >= 0.6 is 31.9 Å². The first-order valence-corrected chi connectivity index (χ1v) is 19.5. The maximum atomic E-state index is 14.0. The number of esters is 2. The second-order valence-electron chi connectivity index (χ2n) is 16.2. The van der Waals surface area contributed by atoms with Crippen LogP contribution in [0.5, 0.6) is 0 Å². The average Bonchev–Trinajstić information content (AvgIpc) is 3.49. The van der Waals surface area contributed by atoms with Crippen LogP contribution in [0.3, 0.4) is 0 Å². The molecular formula is C39H50Br2O8. The molecule has 0 aromatic heterocycles. The zero-order chi connectivity index (χ0) is 35.0. The van der Waals surface area contributed by atoms with E-state index >= 15 is 0 Å². The van der Waals surface area contributed by atoms with Crippen molar-refractivity contribution < 1.29 is 38.3 Å². The number of rotatable bonds is 8. The van der Waals surface area contributed by atoms with Crippen LogP contribution in [-0.2, 0) is 33.5 Å². The summed E-state index contributed by atoms with van der Waals surface area (Å²) in [7, 11) is 0. The molecule has 10 atom stereocenters. The lowest BCUT2D eigenvalue weighted by Crippen LogP contribution is -2.70. The minimum absolute atomic E-state index is 0.0446. The lowest BCUT2D eigenvalue weighted by molar-refractivity contribution is -0.385. The molecule has 3 saturated carbocycles. The summed E-state index contributed by atoms with van der Waals surface area (Å²) >= 11 is 7.41. The van der Waals surface area contributed by atoms with E-state index in [0.29, 0.717) is 37.5 Å². The number of hydrogen-bond donors (Lipinski definition) is 0. The van der Waals surface area contributed by atoms with Gasteiger partial charge >= 0.3 is 11.9 Å². The van der Waals surface area contributed by atoms with E-state index in [2.05, 4.69) is 71.4 Å². The highest BCUT2D eigenvalue weighted by atomic mass is 79.9. The third-order valence-corrected chi connectivity index (χ3v) is 14.6. The number of carbonyl (C=O) groups excluding carboxylic acids is 2. The van der Waals surface area contributed by atoms with Crippen molar-refractivity contribution in [3.8, 4) is 0 Å². The number of halogens is 2. The van der Waals surface area contributed by atoms with Gasteiger partial charge in [0.1, 0.15) is 26.6 Å². The van der Waals surface area contributed by atoms with E-state index in [4.69, 9.17) is 28.7 Å². The fourth-order valence-electron chi connectivity index (χ4n) is 10.9. The van der Waals surface area contributed by atoms with E-state index in [1.165, 1.54) is 6.92 Å². The summed E-state index contributed by atoms with van der Waals surface area (Å²) in [6.45, 7) is 15.2. The Bertz CT molecular complexity index is 1500. The molecule has 7 rings (SSSR count). The van der Waals surface area contributed by atoms with Gasteiger partial charge in [-0.3, -0.25) is 4.79 Å². The number of allylic oxidation sites excluding steroid dienone is 1. The summed E-state index contributed by atoms with van der Waals surface area (Å²) in [6.07, 6.45) is 10.4. The molecule has 2 heterocycles. The lowest BCUT2D eigenvalue weighted by Gasteiger charge is -2.64. The van der Waals surface area contributed by atoms with E-state index in [9.17, 15) is 9.59 Å². The molecule has 8 nitrogen and oxygen atoms in total. The lowest BCUT2D eigenvalue weighted by atomic mass is 9.41. The third kappa shape index (κ3) is 5.47. The topological polar surface area (TPSA) is 89.5 Å². The summed E-state index contributed by atoms with van der Waals surface area (Å²) in [5.41, 5.74) is -1.12. The zero-order valence-corrected chi connectivity index (χ0v) is 32.5. The Morgan fingerprint density at radius 1 is 0.959 bits per heavy atom. The Morgan fingerprint density at radius 3 is 2.31 bits per heavy atom. The Labute approximate surface area is 307 Å². The number of alkyl halides is 2. The molecule has 0 radical (unpaired) electrons. The highest BCUT2D eigenvalue weighted by Crippen LogP contribution is 2.75. The van der Waals surface area contributed by atoms with E-state index in [0.717, 1.165) is 44.1 Å². The molecule has 2 bridgehead atoms. The number of carbonyl (C=O) groups is 2. The molecule has 0 amide bonds. The Morgan fingerprint density at radius 2 is 1.67 bits per heavy atom. The highest BCUT2D eigenvalue weighted by molar-refractivity contribution is 9.25. The molecule has 6 aliphatic rings. The van der Waals surface area contributed by atoms with Crippen molar-refractivity contribution in [3.05, 3.63) is 60.2 Å². The van der Waals surface area contributed by atoms with E-state index < -0.39 is 31.7 Å². The molecule has 49 heavy (non-hydrogen) atoms. The van der Waals surface area contributed by atoms with Gasteiger partial charge in [-0.2, -0.15) is 0 Å². The molecule has 10 heteroatoms. The Kier molecular flexibility index (Phi) is 9.17. The van der Waals surface area contributed by atoms with E-state index in [1.54, 1.807) is 12.1 Å². The second kappa shape index (κ2) is 12.5. The first-order valence-electron chi connectivity index (χ1n) is 17.9. The molecule has 0 N–H and O–H groups in total. The van der Waals surface area contributed by atoms with Crippen LogP contribution in [0.25, 0.3) is 0 Å².